The number of benzene rings is 1. The summed E-state index contributed by atoms with van der Waals surface area (Å²) in [6, 6.07) is 3.87. The monoisotopic (exact) mass is 254 g/mol. The molecule has 100 valence electrons. The average Bonchev–Trinajstić information content (AvgIpc) is 2.35. The average molecular weight is 254 g/mol. The van der Waals surface area contributed by atoms with Gasteiger partial charge in [-0.3, -0.25) is 0 Å². The van der Waals surface area contributed by atoms with Crippen molar-refractivity contribution in [2.75, 3.05) is 26.2 Å². The second kappa shape index (κ2) is 6.25. The zero-order chi connectivity index (χ0) is 13.0. The Balaban J connectivity index is 1.87. The fourth-order valence-corrected chi connectivity index (χ4v) is 2.59. The molecule has 1 aliphatic heterocycles. The van der Waals surface area contributed by atoms with E-state index in [0.29, 0.717) is 24.4 Å². The third-order valence-corrected chi connectivity index (χ3v) is 3.68. The second-order valence-corrected chi connectivity index (χ2v) is 5.01. The smallest absolute Gasteiger partial charge is 0.129 e. The molecule has 0 radical (unpaired) electrons. The molecule has 2 nitrogen and oxygen atoms in total. The summed E-state index contributed by atoms with van der Waals surface area (Å²) < 4.78 is 26.3. The summed E-state index contributed by atoms with van der Waals surface area (Å²) in [4.78, 5) is 2.34. The molecule has 0 aromatic heterocycles. The molecule has 0 atom stereocenters. The molecule has 0 saturated carbocycles. The maximum atomic E-state index is 13.5. The molecule has 2 N–H and O–H groups in total. The molecular weight excluding hydrogens is 234 g/mol. The largest absolute Gasteiger partial charge is 0.329 e. The third-order valence-electron chi connectivity index (χ3n) is 3.68. The first kappa shape index (κ1) is 13.4. The molecule has 0 bridgehead atoms. The molecule has 18 heavy (non-hydrogen) atoms. The van der Waals surface area contributed by atoms with Crippen molar-refractivity contribution < 1.29 is 8.78 Å². The van der Waals surface area contributed by atoms with E-state index in [-0.39, 0.29) is 0 Å². The van der Waals surface area contributed by atoms with Crippen LogP contribution in [-0.4, -0.2) is 31.1 Å². The van der Waals surface area contributed by atoms with Gasteiger partial charge in [-0.2, -0.15) is 0 Å². The van der Waals surface area contributed by atoms with Crippen molar-refractivity contribution in [3.63, 3.8) is 0 Å². The van der Waals surface area contributed by atoms with Gasteiger partial charge >= 0.3 is 0 Å². The highest BCUT2D eigenvalue weighted by Crippen LogP contribution is 2.23. The lowest BCUT2D eigenvalue weighted by Crippen LogP contribution is -2.37. The van der Waals surface area contributed by atoms with Gasteiger partial charge in [-0.05, 0) is 49.9 Å². The van der Waals surface area contributed by atoms with E-state index in [9.17, 15) is 8.78 Å². The Morgan fingerprint density at radius 3 is 2.56 bits per heavy atom. The lowest BCUT2D eigenvalue weighted by atomic mass is 9.90. The lowest BCUT2D eigenvalue weighted by Gasteiger charge is -2.31. The summed E-state index contributed by atoms with van der Waals surface area (Å²) in [5, 5.41) is 0. The summed E-state index contributed by atoms with van der Waals surface area (Å²) in [6.07, 6.45) is 2.84. The predicted molar refractivity (Wildman–Crippen MR) is 68.3 cm³/mol. The van der Waals surface area contributed by atoms with Gasteiger partial charge in [0.1, 0.15) is 11.6 Å². The van der Waals surface area contributed by atoms with Crippen molar-refractivity contribution in [2.45, 2.75) is 19.3 Å². The second-order valence-electron chi connectivity index (χ2n) is 5.01. The molecule has 1 aromatic carbocycles. The van der Waals surface area contributed by atoms with Crippen molar-refractivity contribution in [1.29, 1.82) is 0 Å². The zero-order valence-corrected chi connectivity index (χ0v) is 10.5. The minimum Gasteiger partial charge on any atom is -0.329 e. The molecule has 1 saturated heterocycles. The Kier molecular flexibility index (Phi) is 4.66. The lowest BCUT2D eigenvalue weighted by molar-refractivity contribution is 0.188. The van der Waals surface area contributed by atoms with Gasteiger partial charge < -0.3 is 10.6 Å². The van der Waals surface area contributed by atoms with E-state index >= 15 is 0 Å². The van der Waals surface area contributed by atoms with Gasteiger partial charge in [0.15, 0.2) is 0 Å². The van der Waals surface area contributed by atoms with Crippen LogP contribution in [-0.2, 0) is 6.42 Å². The standard InChI is InChI=1S/C14H20F2N2/c15-13-2-1-12(14(16)10-13)9-11-3-6-18(7-4-11)8-5-17/h1-2,10-11H,3-9,17H2. The van der Waals surface area contributed by atoms with Crippen molar-refractivity contribution in [1.82, 2.24) is 4.90 Å². The number of nitrogens with two attached hydrogens (primary N) is 1. The summed E-state index contributed by atoms with van der Waals surface area (Å²) in [5.74, 6) is -0.424. The predicted octanol–water partition coefficient (Wildman–Crippen LogP) is 2.18. The van der Waals surface area contributed by atoms with Gasteiger partial charge in [0.25, 0.3) is 0 Å². The molecule has 1 fully saturated rings. The highest BCUT2D eigenvalue weighted by atomic mass is 19.1. The zero-order valence-electron chi connectivity index (χ0n) is 10.5. The van der Waals surface area contributed by atoms with Crippen molar-refractivity contribution >= 4 is 0 Å². The topological polar surface area (TPSA) is 29.3 Å². The van der Waals surface area contributed by atoms with Crippen molar-refractivity contribution in [3.05, 3.63) is 35.4 Å². The number of hydrogen-bond donors (Lipinski definition) is 1. The Morgan fingerprint density at radius 2 is 1.94 bits per heavy atom. The van der Waals surface area contributed by atoms with E-state index in [0.717, 1.165) is 38.5 Å². The van der Waals surface area contributed by atoms with Crippen LogP contribution in [0.5, 0.6) is 0 Å². The third kappa shape index (κ3) is 3.50. The minimum absolute atomic E-state index is 0.417. The molecule has 0 amide bonds. The van der Waals surface area contributed by atoms with Gasteiger partial charge in [-0.1, -0.05) is 6.07 Å². The molecule has 0 aliphatic carbocycles. The van der Waals surface area contributed by atoms with Crippen LogP contribution in [0.4, 0.5) is 8.78 Å². The maximum absolute atomic E-state index is 13.5. The van der Waals surface area contributed by atoms with Crippen LogP contribution in [0.2, 0.25) is 0 Å². The fourth-order valence-electron chi connectivity index (χ4n) is 2.59. The quantitative estimate of drug-likeness (QED) is 0.892. The summed E-state index contributed by atoms with van der Waals surface area (Å²) in [5.41, 5.74) is 6.16. The molecule has 1 heterocycles. The Labute approximate surface area is 107 Å². The Bertz CT molecular complexity index is 387. The number of likely N-dealkylation sites (tertiary alicyclic amines) is 1. The minimum atomic E-state index is -0.506. The first-order valence-corrected chi connectivity index (χ1v) is 6.55. The van der Waals surface area contributed by atoms with Crippen LogP contribution in [0.1, 0.15) is 18.4 Å². The summed E-state index contributed by atoms with van der Waals surface area (Å²) in [7, 11) is 0. The maximum Gasteiger partial charge on any atom is 0.129 e. The number of nitrogens with zero attached hydrogens (tertiary/aromatic N) is 1. The first-order valence-electron chi connectivity index (χ1n) is 6.55. The van der Waals surface area contributed by atoms with Crippen molar-refractivity contribution in [3.8, 4) is 0 Å². The number of rotatable bonds is 4. The molecule has 0 spiro atoms. The van der Waals surface area contributed by atoms with Crippen molar-refractivity contribution in [2.24, 2.45) is 11.7 Å². The Morgan fingerprint density at radius 1 is 1.22 bits per heavy atom. The number of hydrogen-bond acceptors (Lipinski definition) is 2. The van der Waals surface area contributed by atoms with Crippen LogP contribution in [0, 0.1) is 17.6 Å². The van der Waals surface area contributed by atoms with Crippen LogP contribution in [0.15, 0.2) is 18.2 Å². The molecule has 2 rings (SSSR count). The van der Waals surface area contributed by atoms with Crippen LogP contribution in [0.3, 0.4) is 0 Å². The molecule has 4 heteroatoms. The van der Waals surface area contributed by atoms with Crippen LogP contribution < -0.4 is 5.73 Å². The van der Waals surface area contributed by atoms with Gasteiger partial charge in [0.2, 0.25) is 0 Å². The van der Waals surface area contributed by atoms with E-state index in [1.54, 1.807) is 6.07 Å². The van der Waals surface area contributed by atoms with E-state index < -0.39 is 11.6 Å². The first-order chi connectivity index (χ1) is 8.69. The molecule has 1 aromatic rings. The number of piperidine rings is 1. The van der Waals surface area contributed by atoms with Gasteiger partial charge in [-0.25, -0.2) is 8.78 Å². The molecular formula is C14H20F2N2. The van der Waals surface area contributed by atoms with Crippen LogP contribution >= 0.6 is 0 Å². The fraction of sp³-hybridized carbons (Fsp3) is 0.571. The van der Waals surface area contributed by atoms with E-state index in [2.05, 4.69) is 4.90 Å². The van der Waals surface area contributed by atoms with E-state index in [1.165, 1.54) is 6.07 Å². The number of halogens is 2. The Hall–Kier alpha value is -1.00. The van der Waals surface area contributed by atoms with Gasteiger partial charge in [-0.15, -0.1) is 0 Å². The van der Waals surface area contributed by atoms with E-state index in [4.69, 9.17) is 5.73 Å². The highest BCUT2D eigenvalue weighted by molar-refractivity contribution is 5.19. The van der Waals surface area contributed by atoms with E-state index in [1.807, 2.05) is 0 Å². The summed E-state index contributed by atoms with van der Waals surface area (Å²) in [6.45, 7) is 3.70. The SMILES string of the molecule is NCCN1CCC(Cc2ccc(F)cc2F)CC1. The molecule has 1 aliphatic rings. The molecule has 0 unspecified atom stereocenters. The van der Waals surface area contributed by atoms with Crippen LogP contribution in [0.25, 0.3) is 0 Å². The van der Waals surface area contributed by atoms with Gasteiger partial charge in [0, 0.05) is 19.2 Å². The highest BCUT2D eigenvalue weighted by Gasteiger charge is 2.20. The van der Waals surface area contributed by atoms with Gasteiger partial charge in [0.05, 0.1) is 0 Å². The normalized spacial score (nSPS) is 18.2. The summed E-state index contributed by atoms with van der Waals surface area (Å²) >= 11 is 0.